The SMILES string of the molecule is CCN1CCN(C(c2ccc(Cl)cc2)C2C(=O)C=C(C)N(CCOC)C2=O)CC1. The van der Waals surface area contributed by atoms with Crippen LogP contribution in [0.5, 0.6) is 0 Å². The second kappa shape index (κ2) is 9.85. The Labute approximate surface area is 178 Å². The number of benzene rings is 1. The van der Waals surface area contributed by atoms with Crippen LogP contribution >= 0.6 is 11.6 Å². The van der Waals surface area contributed by atoms with Crippen molar-refractivity contribution in [2.45, 2.75) is 19.9 Å². The van der Waals surface area contributed by atoms with Gasteiger partial charge in [-0.1, -0.05) is 30.7 Å². The summed E-state index contributed by atoms with van der Waals surface area (Å²) in [6.45, 7) is 9.33. The van der Waals surface area contributed by atoms with E-state index in [1.807, 2.05) is 24.3 Å². The molecule has 1 saturated heterocycles. The van der Waals surface area contributed by atoms with Crippen LogP contribution in [-0.2, 0) is 14.3 Å². The Balaban J connectivity index is 1.95. The number of ketones is 1. The van der Waals surface area contributed by atoms with Gasteiger partial charge in [0.05, 0.1) is 12.6 Å². The fraction of sp³-hybridized carbons (Fsp3) is 0.545. The van der Waals surface area contributed by atoms with Crippen molar-refractivity contribution >= 4 is 23.3 Å². The molecular weight excluding hydrogens is 390 g/mol. The number of ether oxygens (including phenoxy) is 1. The molecule has 0 spiro atoms. The molecule has 158 valence electrons. The molecule has 3 rings (SSSR count). The molecule has 2 atom stereocenters. The van der Waals surface area contributed by atoms with E-state index in [9.17, 15) is 9.59 Å². The maximum Gasteiger partial charge on any atom is 0.239 e. The lowest BCUT2D eigenvalue weighted by atomic mass is 9.84. The van der Waals surface area contributed by atoms with E-state index in [4.69, 9.17) is 16.3 Å². The lowest BCUT2D eigenvalue weighted by Gasteiger charge is -2.43. The van der Waals surface area contributed by atoms with Gasteiger partial charge < -0.3 is 14.5 Å². The molecule has 0 N–H and O–H groups in total. The van der Waals surface area contributed by atoms with Crippen LogP contribution in [0, 0.1) is 5.92 Å². The minimum absolute atomic E-state index is 0.126. The smallest absolute Gasteiger partial charge is 0.239 e. The third-order valence-electron chi connectivity index (χ3n) is 5.91. The van der Waals surface area contributed by atoms with E-state index >= 15 is 0 Å². The van der Waals surface area contributed by atoms with E-state index in [0.717, 1.165) is 38.3 Å². The lowest BCUT2D eigenvalue weighted by molar-refractivity contribution is -0.144. The van der Waals surface area contributed by atoms with E-state index < -0.39 is 5.92 Å². The fourth-order valence-electron chi connectivity index (χ4n) is 4.23. The highest BCUT2D eigenvalue weighted by molar-refractivity contribution is 6.30. The summed E-state index contributed by atoms with van der Waals surface area (Å²) in [4.78, 5) is 32.8. The number of allylic oxidation sites excluding steroid dienone is 2. The number of piperazine rings is 1. The molecule has 2 unspecified atom stereocenters. The number of carbonyl (C=O) groups excluding carboxylic acids is 2. The quantitative estimate of drug-likeness (QED) is 0.636. The Morgan fingerprint density at radius 3 is 2.38 bits per heavy atom. The predicted molar refractivity (Wildman–Crippen MR) is 114 cm³/mol. The molecule has 0 aromatic heterocycles. The number of nitrogens with zero attached hydrogens (tertiary/aromatic N) is 3. The normalized spacial score (nSPS) is 22.7. The summed E-state index contributed by atoms with van der Waals surface area (Å²) in [6.07, 6.45) is 1.60. The zero-order valence-corrected chi connectivity index (χ0v) is 18.2. The van der Waals surface area contributed by atoms with Crippen molar-refractivity contribution in [1.82, 2.24) is 14.7 Å². The van der Waals surface area contributed by atoms with Crippen LogP contribution in [0.2, 0.25) is 5.02 Å². The number of hydrogen-bond donors (Lipinski definition) is 0. The first-order valence-electron chi connectivity index (χ1n) is 10.2. The summed E-state index contributed by atoms with van der Waals surface area (Å²) in [7, 11) is 1.61. The van der Waals surface area contributed by atoms with Crippen LogP contribution in [0.25, 0.3) is 0 Å². The van der Waals surface area contributed by atoms with E-state index in [-0.39, 0.29) is 17.7 Å². The maximum absolute atomic E-state index is 13.4. The summed E-state index contributed by atoms with van der Waals surface area (Å²) >= 11 is 6.10. The van der Waals surface area contributed by atoms with Crippen LogP contribution in [0.1, 0.15) is 25.5 Å². The summed E-state index contributed by atoms with van der Waals surface area (Å²) < 4.78 is 5.17. The molecular formula is C22H30ClN3O3. The highest BCUT2D eigenvalue weighted by Crippen LogP contribution is 2.35. The molecule has 6 nitrogen and oxygen atoms in total. The largest absolute Gasteiger partial charge is 0.383 e. The summed E-state index contributed by atoms with van der Waals surface area (Å²) in [5, 5.41) is 0.641. The fourth-order valence-corrected chi connectivity index (χ4v) is 4.35. The van der Waals surface area contributed by atoms with Gasteiger partial charge in [-0.2, -0.15) is 0 Å². The molecule has 1 aromatic rings. The van der Waals surface area contributed by atoms with Gasteiger partial charge in [0.15, 0.2) is 5.78 Å². The van der Waals surface area contributed by atoms with Gasteiger partial charge in [0.1, 0.15) is 5.92 Å². The Bertz CT molecular complexity index is 757. The Hall–Kier alpha value is -1.73. The Kier molecular flexibility index (Phi) is 7.46. The molecule has 7 heteroatoms. The minimum Gasteiger partial charge on any atom is -0.383 e. The first-order valence-corrected chi connectivity index (χ1v) is 10.6. The van der Waals surface area contributed by atoms with Crippen LogP contribution in [-0.4, -0.2) is 79.4 Å². The highest BCUT2D eigenvalue weighted by Gasteiger charge is 2.43. The molecule has 2 aliphatic rings. The van der Waals surface area contributed by atoms with Gasteiger partial charge in [-0.05, 0) is 31.2 Å². The second-order valence-electron chi connectivity index (χ2n) is 7.62. The van der Waals surface area contributed by atoms with Crippen molar-refractivity contribution in [2.75, 3.05) is 53.0 Å². The molecule has 0 aliphatic carbocycles. The van der Waals surface area contributed by atoms with Gasteiger partial charge in [-0.3, -0.25) is 14.5 Å². The molecule has 1 aromatic carbocycles. The first-order chi connectivity index (χ1) is 14.0. The van der Waals surface area contributed by atoms with Gasteiger partial charge in [-0.25, -0.2) is 0 Å². The van der Waals surface area contributed by atoms with Crippen molar-refractivity contribution < 1.29 is 14.3 Å². The van der Waals surface area contributed by atoms with Gasteiger partial charge in [0, 0.05) is 56.6 Å². The minimum atomic E-state index is -0.759. The Morgan fingerprint density at radius 1 is 1.14 bits per heavy atom. The third kappa shape index (κ3) is 4.89. The number of carbonyl (C=O) groups is 2. The Morgan fingerprint density at radius 2 is 1.79 bits per heavy atom. The van der Waals surface area contributed by atoms with Crippen molar-refractivity contribution in [3.05, 3.63) is 46.6 Å². The predicted octanol–water partition coefficient (Wildman–Crippen LogP) is 2.60. The molecule has 0 saturated carbocycles. The third-order valence-corrected chi connectivity index (χ3v) is 6.16. The molecule has 2 heterocycles. The van der Waals surface area contributed by atoms with Crippen LogP contribution in [0.3, 0.4) is 0 Å². The van der Waals surface area contributed by atoms with E-state index in [1.54, 1.807) is 25.0 Å². The van der Waals surface area contributed by atoms with Crippen LogP contribution in [0.15, 0.2) is 36.0 Å². The monoisotopic (exact) mass is 419 g/mol. The molecule has 0 radical (unpaired) electrons. The average Bonchev–Trinajstić information content (AvgIpc) is 2.72. The maximum atomic E-state index is 13.4. The number of rotatable bonds is 7. The highest BCUT2D eigenvalue weighted by atomic mass is 35.5. The standard InChI is InChI=1S/C22H30ClN3O3/c1-4-24-9-11-25(12-10-24)21(17-5-7-18(23)8-6-17)20-19(27)15-16(2)26(22(20)28)13-14-29-3/h5-8,15,20-21H,4,9-14H2,1-3H3. The number of likely N-dealkylation sites (N-methyl/N-ethyl adjacent to an activating group) is 1. The number of amides is 1. The number of halogens is 1. The van der Waals surface area contributed by atoms with Crippen LogP contribution < -0.4 is 0 Å². The second-order valence-corrected chi connectivity index (χ2v) is 8.05. The number of methoxy groups -OCH3 is 1. The van der Waals surface area contributed by atoms with Crippen molar-refractivity contribution in [3.63, 3.8) is 0 Å². The number of hydrogen-bond acceptors (Lipinski definition) is 5. The van der Waals surface area contributed by atoms with Crippen molar-refractivity contribution in [1.29, 1.82) is 0 Å². The van der Waals surface area contributed by atoms with E-state index in [2.05, 4.69) is 16.7 Å². The summed E-state index contributed by atoms with van der Waals surface area (Å²) in [6, 6.07) is 7.22. The van der Waals surface area contributed by atoms with Gasteiger partial charge in [0.25, 0.3) is 0 Å². The topological polar surface area (TPSA) is 53.1 Å². The molecule has 2 aliphatic heterocycles. The van der Waals surface area contributed by atoms with Gasteiger partial charge >= 0.3 is 0 Å². The van der Waals surface area contributed by atoms with Gasteiger partial charge in [0.2, 0.25) is 5.91 Å². The van der Waals surface area contributed by atoms with E-state index in [1.165, 1.54) is 0 Å². The zero-order chi connectivity index (χ0) is 21.0. The van der Waals surface area contributed by atoms with Crippen LogP contribution in [0.4, 0.5) is 0 Å². The molecule has 1 amide bonds. The lowest BCUT2D eigenvalue weighted by Crippen LogP contribution is -2.53. The van der Waals surface area contributed by atoms with Gasteiger partial charge in [-0.15, -0.1) is 0 Å². The first kappa shape index (κ1) is 22.0. The molecule has 0 bridgehead atoms. The van der Waals surface area contributed by atoms with E-state index in [0.29, 0.717) is 23.9 Å². The van der Waals surface area contributed by atoms with Crippen molar-refractivity contribution in [2.24, 2.45) is 5.92 Å². The zero-order valence-electron chi connectivity index (χ0n) is 17.4. The summed E-state index contributed by atoms with van der Waals surface area (Å²) in [5.41, 5.74) is 1.63. The van der Waals surface area contributed by atoms with Crippen molar-refractivity contribution in [3.8, 4) is 0 Å². The average molecular weight is 420 g/mol. The summed E-state index contributed by atoms with van der Waals surface area (Å²) in [5.74, 6) is -1.03. The molecule has 1 fully saturated rings. The molecule has 29 heavy (non-hydrogen) atoms.